The summed E-state index contributed by atoms with van der Waals surface area (Å²) in [7, 11) is 0. The molecule has 0 aromatic heterocycles. The lowest BCUT2D eigenvalue weighted by Crippen LogP contribution is -2.44. The fourth-order valence-electron chi connectivity index (χ4n) is 3.19. The number of benzene rings is 2. The maximum absolute atomic E-state index is 13.7. The summed E-state index contributed by atoms with van der Waals surface area (Å²) in [4.78, 5) is 14.5. The Morgan fingerprint density at radius 2 is 1.96 bits per heavy atom. The largest absolute Gasteiger partial charge is 0.508 e. The summed E-state index contributed by atoms with van der Waals surface area (Å²) in [6.45, 7) is 3.13. The van der Waals surface area contributed by atoms with Gasteiger partial charge in [-0.1, -0.05) is 24.3 Å². The summed E-state index contributed by atoms with van der Waals surface area (Å²) in [6.07, 6.45) is 0.188. The zero-order valence-corrected chi connectivity index (χ0v) is 14.5. The van der Waals surface area contributed by atoms with Crippen LogP contribution in [0.25, 0.3) is 0 Å². The molecule has 0 bridgehead atoms. The number of hydrogen-bond donors (Lipinski definition) is 2. The Labute approximate surface area is 152 Å². The van der Waals surface area contributed by atoms with Crippen LogP contribution in [0, 0.1) is 5.82 Å². The van der Waals surface area contributed by atoms with Crippen LogP contribution in [-0.2, 0) is 16.0 Å². The molecule has 1 saturated heterocycles. The molecule has 6 heteroatoms. The monoisotopic (exact) mass is 358 g/mol. The highest BCUT2D eigenvalue weighted by Gasteiger charge is 2.23. The molecule has 2 aromatic carbocycles. The predicted octanol–water partition coefficient (Wildman–Crippen LogP) is 2.26. The summed E-state index contributed by atoms with van der Waals surface area (Å²) < 4.78 is 19.1. The van der Waals surface area contributed by atoms with Crippen molar-refractivity contribution in [2.75, 3.05) is 32.8 Å². The third kappa shape index (κ3) is 5.03. The number of halogens is 1. The minimum atomic E-state index is -0.285. The second-order valence-corrected chi connectivity index (χ2v) is 6.37. The Balaban J connectivity index is 1.66. The molecule has 2 aromatic rings. The van der Waals surface area contributed by atoms with Crippen LogP contribution in [0.3, 0.4) is 0 Å². The summed E-state index contributed by atoms with van der Waals surface area (Å²) in [5, 5.41) is 12.4. The molecule has 1 heterocycles. The number of amides is 1. The average Bonchev–Trinajstić information content (AvgIpc) is 2.63. The third-order valence-electron chi connectivity index (χ3n) is 4.49. The number of carbonyl (C=O) groups excluding carboxylic acids is 1. The van der Waals surface area contributed by atoms with Crippen LogP contribution in [0.15, 0.2) is 48.5 Å². The molecule has 0 radical (unpaired) electrons. The topological polar surface area (TPSA) is 61.8 Å². The quantitative estimate of drug-likeness (QED) is 0.832. The number of hydrogen-bond acceptors (Lipinski definition) is 4. The van der Waals surface area contributed by atoms with Gasteiger partial charge in [0.1, 0.15) is 11.6 Å². The van der Waals surface area contributed by atoms with Gasteiger partial charge in [0.2, 0.25) is 5.91 Å². The molecule has 2 N–H and O–H groups in total. The highest BCUT2D eigenvalue weighted by atomic mass is 19.1. The van der Waals surface area contributed by atoms with E-state index in [1.807, 2.05) is 6.07 Å². The Bertz CT molecular complexity index is 747. The lowest BCUT2D eigenvalue weighted by Gasteiger charge is -2.35. The van der Waals surface area contributed by atoms with Gasteiger partial charge in [-0.05, 0) is 35.4 Å². The van der Waals surface area contributed by atoms with Gasteiger partial charge in [0, 0.05) is 19.6 Å². The number of nitrogens with zero attached hydrogens (tertiary/aromatic N) is 1. The normalized spacial score (nSPS) is 16.2. The van der Waals surface area contributed by atoms with Gasteiger partial charge in [-0.15, -0.1) is 0 Å². The second-order valence-electron chi connectivity index (χ2n) is 6.37. The van der Waals surface area contributed by atoms with E-state index in [-0.39, 0.29) is 29.9 Å². The molecule has 0 saturated carbocycles. The SMILES string of the molecule is O=C(Cc1cccc(O)c1)NC[C@H](c1cccc(F)c1)N1CCOCC1. The molecule has 1 fully saturated rings. The second kappa shape index (κ2) is 8.78. The molecule has 138 valence electrons. The first kappa shape index (κ1) is 18.4. The maximum atomic E-state index is 13.7. The van der Waals surface area contributed by atoms with Gasteiger partial charge < -0.3 is 15.2 Å². The lowest BCUT2D eigenvalue weighted by molar-refractivity contribution is -0.120. The van der Waals surface area contributed by atoms with E-state index in [9.17, 15) is 14.3 Å². The Hall–Kier alpha value is -2.44. The van der Waals surface area contributed by atoms with E-state index < -0.39 is 0 Å². The van der Waals surface area contributed by atoms with Crippen LogP contribution in [0.2, 0.25) is 0 Å². The molecule has 0 unspecified atom stereocenters. The van der Waals surface area contributed by atoms with Crippen molar-refractivity contribution >= 4 is 5.91 Å². The fourth-order valence-corrected chi connectivity index (χ4v) is 3.19. The Morgan fingerprint density at radius 3 is 2.69 bits per heavy atom. The number of phenolic OH excluding ortho intramolecular Hbond substituents is 1. The standard InChI is InChI=1S/C20H23FN2O3/c21-17-5-2-4-16(13-17)19(23-7-9-26-10-8-23)14-22-20(25)12-15-3-1-6-18(24)11-15/h1-6,11,13,19,24H,7-10,12,14H2,(H,22,25)/t19-/m1/s1. The van der Waals surface area contributed by atoms with Crippen molar-refractivity contribution in [3.05, 3.63) is 65.5 Å². The van der Waals surface area contributed by atoms with Crippen LogP contribution in [-0.4, -0.2) is 48.8 Å². The van der Waals surface area contributed by atoms with E-state index in [0.29, 0.717) is 19.8 Å². The van der Waals surface area contributed by atoms with Gasteiger partial charge in [0.25, 0.3) is 0 Å². The van der Waals surface area contributed by atoms with Gasteiger partial charge in [0.15, 0.2) is 0 Å². The highest BCUT2D eigenvalue weighted by molar-refractivity contribution is 5.78. The van der Waals surface area contributed by atoms with Gasteiger partial charge in [-0.2, -0.15) is 0 Å². The van der Waals surface area contributed by atoms with Crippen molar-refractivity contribution in [2.24, 2.45) is 0 Å². The first-order chi connectivity index (χ1) is 12.6. The van der Waals surface area contributed by atoms with Crippen LogP contribution < -0.4 is 5.32 Å². The average molecular weight is 358 g/mol. The lowest BCUT2D eigenvalue weighted by atomic mass is 10.0. The third-order valence-corrected chi connectivity index (χ3v) is 4.49. The molecule has 1 aliphatic rings. The number of carbonyl (C=O) groups is 1. The van der Waals surface area contributed by atoms with Crippen molar-refractivity contribution in [1.82, 2.24) is 10.2 Å². The van der Waals surface area contributed by atoms with E-state index >= 15 is 0 Å². The van der Waals surface area contributed by atoms with E-state index in [4.69, 9.17) is 4.74 Å². The molecule has 1 aliphatic heterocycles. The molecule has 0 spiro atoms. The number of morpholine rings is 1. The van der Waals surface area contributed by atoms with E-state index in [0.717, 1.165) is 24.2 Å². The Kier molecular flexibility index (Phi) is 6.20. The summed E-state index contributed by atoms with van der Waals surface area (Å²) >= 11 is 0. The number of phenols is 1. The van der Waals surface area contributed by atoms with Crippen molar-refractivity contribution in [2.45, 2.75) is 12.5 Å². The molecule has 5 nitrogen and oxygen atoms in total. The molecule has 3 rings (SSSR count). The molecule has 1 amide bonds. The number of aromatic hydroxyl groups is 1. The van der Waals surface area contributed by atoms with Crippen molar-refractivity contribution in [3.8, 4) is 5.75 Å². The van der Waals surface area contributed by atoms with Gasteiger partial charge in [-0.3, -0.25) is 9.69 Å². The van der Waals surface area contributed by atoms with Crippen LogP contribution in [0.4, 0.5) is 4.39 Å². The van der Waals surface area contributed by atoms with Gasteiger partial charge in [-0.25, -0.2) is 4.39 Å². The summed E-state index contributed by atoms with van der Waals surface area (Å²) in [6, 6.07) is 13.0. The van der Waals surface area contributed by atoms with Crippen LogP contribution >= 0.6 is 0 Å². The van der Waals surface area contributed by atoms with Gasteiger partial charge in [0.05, 0.1) is 25.7 Å². The van der Waals surface area contributed by atoms with Crippen LogP contribution in [0.1, 0.15) is 17.2 Å². The maximum Gasteiger partial charge on any atom is 0.224 e. The summed E-state index contributed by atoms with van der Waals surface area (Å²) in [5.41, 5.74) is 1.58. The fraction of sp³-hybridized carbons (Fsp3) is 0.350. The first-order valence-electron chi connectivity index (χ1n) is 8.74. The molecular formula is C20H23FN2O3. The molecule has 0 aliphatic carbocycles. The first-order valence-corrected chi connectivity index (χ1v) is 8.74. The Morgan fingerprint density at radius 1 is 1.19 bits per heavy atom. The molecular weight excluding hydrogens is 335 g/mol. The molecule has 26 heavy (non-hydrogen) atoms. The van der Waals surface area contributed by atoms with Crippen LogP contribution in [0.5, 0.6) is 5.75 Å². The highest BCUT2D eigenvalue weighted by Crippen LogP contribution is 2.22. The zero-order chi connectivity index (χ0) is 18.4. The smallest absolute Gasteiger partial charge is 0.224 e. The minimum absolute atomic E-state index is 0.109. The van der Waals surface area contributed by atoms with Crippen molar-refractivity contribution in [3.63, 3.8) is 0 Å². The van der Waals surface area contributed by atoms with E-state index in [2.05, 4.69) is 10.2 Å². The predicted molar refractivity (Wildman–Crippen MR) is 96.4 cm³/mol. The van der Waals surface area contributed by atoms with Crippen molar-refractivity contribution < 1.29 is 19.0 Å². The van der Waals surface area contributed by atoms with Crippen molar-refractivity contribution in [1.29, 1.82) is 0 Å². The zero-order valence-electron chi connectivity index (χ0n) is 14.5. The number of nitrogens with one attached hydrogen (secondary N) is 1. The number of ether oxygens (including phenoxy) is 1. The van der Waals surface area contributed by atoms with E-state index in [1.54, 1.807) is 30.3 Å². The summed E-state index contributed by atoms with van der Waals surface area (Å²) in [5.74, 6) is -0.279. The van der Waals surface area contributed by atoms with Gasteiger partial charge >= 0.3 is 0 Å². The minimum Gasteiger partial charge on any atom is -0.508 e. The number of rotatable bonds is 6. The van der Waals surface area contributed by atoms with E-state index in [1.165, 1.54) is 12.1 Å². The molecule has 1 atom stereocenters.